The lowest BCUT2D eigenvalue weighted by atomic mass is 10.0. The van der Waals surface area contributed by atoms with Gasteiger partial charge in [0, 0.05) is 24.5 Å². The van der Waals surface area contributed by atoms with Crippen molar-refractivity contribution >= 4 is 44.4 Å². The topological polar surface area (TPSA) is 135 Å². The van der Waals surface area contributed by atoms with Crippen LogP contribution in [0.3, 0.4) is 0 Å². The Kier molecular flexibility index (Phi) is 4.17. The highest BCUT2D eigenvalue weighted by Crippen LogP contribution is 2.47. The first kappa shape index (κ1) is 19.1. The first-order valence-electron chi connectivity index (χ1n) is 9.52. The van der Waals surface area contributed by atoms with Crippen molar-refractivity contribution in [1.82, 2.24) is 4.40 Å². The summed E-state index contributed by atoms with van der Waals surface area (Å²) in [5, 5.41) is 11.3. The van der Waals surface area contributed by atoms with E-state index in [1.54, 1.807) is 9.78 Å². The third-order valence-corrected chi connectivity index (χ3v) is 7.04. The fourth-order valence-corrected chi connectivity index (χ4v) is 5.54. The Morgan fingerprint density at radius 1 is 1.50 bits per heavy atom. The van der Waals surface area contributed by atoms with E-state index in [-0.39, 0.29) is 45.9 Å². The molecule has 2 atom stereocenters. The summed E-state index contributed by atoms with van der Waals surface area (Å²) in [5.41, 5.74) is 8.11. The van der Waals surface area contributed by atoms with Crippen LogP contribution in [0.25, 0.3) is 15.7 Å². The van der Waals surface area contributed by atoms with Gasteiger partial charge in [0.1, 0.15) is 33.9 Å². The van der Waals surface area contributed by atoms with Crippen molar-refractivity contribution in [2.24, 2.45) is 17.5 Å². The van der Waals surface area contributed by atoms with Gasteiger partial charge in [0.2, 0.25) is 5.43 Å². The van der Waals surface area contributed by atoms with E-state index >= 15 is 4.39 Å². The molecule has 3 aromatic rings. The van der Waals surface area contributed by atoms with E-state index < -0.39 is 22.8 Å². The van der Waals surface area contributed by atoms with Crippen molar-refractivity contribution in [1.29, 1.82) is 0 Å². The number of rotatable bonds is 4. The molecule has 6 N–H and O–H groups in total. The zero-order valence-corrected chi connectivity index (χ0v) is 16.9. The van der Waals surface area contributed by atoms with Gasteiger partial charge < -0.3 is 25.9 Å². The number of thiazole rings is 1. The summed E-state index contributed by atoms with van der Waals surface area (Å²) in [6.07, 6.45) is 0.803. The molecule has 0 aliphatic carbocycles. The summed E-state index contributed by atoms with van der Waals surface area (Å²) in [7, 11) is 0. The first-order valence-corrected chi connectivity index (χ1v) is 10.4. The molecule has 9 nitrogen and oxygen atoms in total. The Bertz CT molecular complexity index is 1280. The van der Waals surface area contributed by atoms with Crippen molar-refractivity contribution in [3.8, 4) is 5.75 Å². The Balaban J connectivity index is 1.91. The van der Waals surface area contributed by atoms with Crippen LogP contribution < -0.4 is 32.1 Å². The number of carboxylic acid groups (broad SMARTS) is 1. The van der Waals surface area contributed by atoms with Crippen molar-refractivity contribution in [3.63, 3.8) is 0 Å². The van der Waals surface area contributed by atoms with Crippen molar-refractivity contribution in [2.75, 3.05) is 23.4 Å². The smallest absolute Gasteiger partial charge is 0.342 e. The molecule has 0 spiro atoms. The van der Waals surface area contributed by atoms with E-state index in [0.717, 1.165) is 17.8 Å². The number of nitrogens with one attached hydrogen (secondary N) is 1. The second-order valence-corrected chi connectivity index (χ2v) is 8.61. The maximum absolute atomic E-state index is 15.7. The van der Waals surface area contributed by atoms with Crippen LogP contribution in [0.2, 0.25) is 0 Å². The maximum atomic E-state index is 15.7. The number of anilines is 2. The van der Waals surface area contributed by atoms with Crippen LogP contribution in [0.5, 0.6) is 5.75 Å². The summed E-state index contributed by atoms with van der Waals surface area (Å²) in [6, 6.07) is -0.0428. The van der Waals surface area contributed by atoms with E-state index in [1.807, 2.05) is 11.8 Å². The molecule has 5 rings (SSSR count). The highest BCUT2D eigenvalue weighted by Gasteiger charge is 2.36. The van der Waals surface area contributed by atoms with Crippen molar-refractivity contribution in [3.05, 3.63) is 32.7 Å². The molecule has 1 fully saturated rings. The van der Waals surface area contributed by atoms with Crippen LogP contribution in [0.1, 0.15) is 29.4 Å². The van der Waals surface area contributed by atoms with Crippen LogP contribution in [0.4, 0.5) is 15.8 Å². The number of carboxylic acids is 1. The Labute approximate surface area is 173 Å². The fraction of sp³-hybridized carbons (Fsp3) is 0.368. The molecule has 11 heteroatoms. The zero-order valence-electron chi connectivity index (χ0n) is 16.1. The number of benzene rings is 1. The Hall–Kier alpha value is -2.89. The summed E-state index contributed by atoms with van der Waals surface area (Å²) >= 11 is 1.14. The van der Waals surface area contributed by atoms with Gasteiger partial charge in [-0.05, 0) is 19.3 Å². The lowest BCUT2D eigenvalue weighted by molar-refractivity contribution is 0.0697. The quantitative estimate of drug-likeness (QED) is 0.361. The zero-order chi connectivity index (χ0) is 21.3. The van der Waals surface area contributed by atoms with Gasteiger partial charge in [-0.3, -0.25) is 15.0 Å². The number of pyridine rings is 1. The van der Waals surface area contributed by atoms with Gasteiger partial charge >= 0.3 is 5.97 Å². The standard InChI is InChI=1S/C19H20FN5O4S/c1-7(21)8-2-3-24(4-8)15-12(20)13(23-22)10-14-17(15)29-5-9-6-30-18(25(9)14)11(16(10)26)19(27)28/h6-8,23H,2-5,21-22H2,1H3,(H,27,28). The summed E-state index contributed by atoms with van der Waals surface area (Å²) in [5.74, 6) is 3.92. The molecule has 0 amide bonds. The summed E-state index contributed by atoms with van der Waals surface area (Å²) < 4.78 is 23.3. The lowest BCUT2D eigenvalue weighted by Crippen LogP contribution is -2.31. The molecule has 1 saturated heterocycles. The van der Waals surface area contributed by atoms with Crippen molar-refractivity contribution < 1.29 is 19.0 Å². The van der Waals surface area contributed by atoms with Crippen LogP contribution in [-0.2, 0) is 6.61 Å². The van der Waals surface area contributed by atoms with Crippen LogP contribution in [-0.4, -0.2) is 34.6 Å². The number of nitrogen functional groups attached to an aromatic ring is 1. The molecule has 4 heterocycles. The number of nitrogens with two attached hydrogens (primary N) is 2. The van der Waals surface area contributed by atoms with Gasteiger partial charge in [0.25, 0.3) is 0 Å². The SMILES string of the molecule is CC(N)C1CCN(c2c(F)c(NN)c3c(=O)c(C(=O)O)c4scc5n4c3c2OC5)C1. The number of aromatic carboxylic acids is 1. The predicted molar refractivity (Wildman–Crippen MR) is 112 cm³/mol. The monoisotopic (exact) mass is 433 g/mol. The average molecular weight is 433 g/mol. The average Bonchev–Trinajstić information content (AvgIpc) is 3.34. The van der Waals surface area contributed by atoms with Crippen LogP contribution in [0.15, 0.2) is 10.2 Å². The largest absolute Gasteiger partial charge is 0.483 e. The molecule has 2 aliphatic heterocycles. The van der Waals surface area contributed by atoms with Gasteiger partial charge in [-0.2, -0.15) is 0 Å². The molecule has 2 unspecified atom stereocenters. The fourth-order valence-electron chi connectivity index (χ4n) is 4.51. The number of hydrazine groups is 1. The van der Waals surface area contributed by atoms with Gasteiger partial charge in [0.05, 0.1) is 11.1 Å². The number of hydrogen-bond donors (Lipinski definition) is 4. The van der Waals surface area contributed by atoms with Gasteiger partial charge in [-0.25, -0.2) is 9.18 Å². The van der Waals surface area contributed by atoms with Gasteiger partial charge in [0.15, 0.2) is 11.6 Å². The van der Waals surface area contributed by atoms with E-state index in [0.29, 0.717) is 24.3 Å². The van der Waals surface area contributed by atoms with Gasteiger partial charge in [-0.15, -0.1) is 11.3 Å². The molecule has 1 aromatic carbocycles. The number of halogens is 1. The van der Waals surface area contributed by atoms with Crippen LogP contribution in [0, 0.1) is 11.7 Å². The minimum Gasteiger partial charge on any atom is -0.483 e. The number of carbonyl (C=O) groups is 1. The predicted octanol–water partition coefficient (Wildman–Crippen LogP) is 1.70. The molecule has 30 heavy (non-hydrogen) atoms. The van der Waals surface area contributed by atoms with Crippen molar-refractivity contribution in [2.45, 2.75) is 26.0 Å². The molecule has 2 aliphatic rings. The highest BCUT2D eigenvalue weighted by molar-refractivity contribution is 7.16. The molecule has 0 saturated carbocycles. The third-order valence-electron chi connectivity index (χ3n) is 6.04. The Morgan fingerprint density at radius 3 is 2.90 bits per heavy atom. The third kappa shape index (κ3) is 2.39. The normalized spacial score (nSPS) is 18.9. The summed E-state index contributed by atoms with van der Waals surface area (Å²) in [4.78, 5) is 27.1. The van der Waals surface area contributed by atoms with E-state index in [1.165, 1.54) is 0 Å². The number of aromatic nitrogens is 1. The van der Waals surface area contributed by atoms with Crippen LogP contribution >= 0.6 is 11.3 Å². The molecule has 0 radical (unpaired) electrons. The molecule has 0 bridgehead atoms. The maximum Gasteiger partial charge on any atom is 0.342 e. The van der Waals surface area contributed by atoms with E-state index in [9.17, 15) is 14.7 Å². The number of nitrogens with zero attached hydrogens (tertiary/aromatic N) is 2. The highest BCUT2D eigenvalue weighted by atomic mass is 32.1. The van der Waals surface area contributed by atoms with Gasteiger partial charge in [-0.1, -0.05) is 0 Å². The second-order valence-electron chi connectivity index (χ2n) is 7.75. The molecular weight excluding hydrogens is 413 g/mol. The first-order chi connectivity index (χ1) is 14.3. The van der Waals surface area contributed by atoms with E-state index in [4.69, 9.17) is 16.3 Å². The number of ether oxygens (including phenoxy) is 1. The molecule has 2 aromatic heterocycles. The molecular formula is C19H20FN5O4S. The lowest BCUT2D eigenvalue weighted by Gasteiger charge is -2.28. The number of hydrogen-bond acceptors (Lipinski definition) is 8. The minimum absolute atomic E-state index is 0.0428. The minimum atomic E-state index is -1.37. The summed E-state index contributed by atoms with van der Waals surface area (Å²) in [6.45, 7) is 3.18. The Morgan fingerprint density at radius 2 is 2.27 bits per heavy atom. The second kappa shape index (κ2) is 6.56. The van der Waals surface area contributed by atoms with E-state index in [2.05, 4.69) is 5.43 Å². The molecule has 158 valence electrons.